The number of carbonyl (C=O) groups is 14. The molecule has 1 heterocycles. The van der Waals surface area contributed by atoms with E-state index in [1.807, 2.05) is 12.1 Å². The molecule has 49 nitrogen and oxygen atoms in total. The second-order valence-corrected chi connectivity index (χ2v) is 36.2. The first kappa shape index (κ1) is 117. The minimum atomic E-state index is -1.84. The van der Waals surface area contributed by atoms with Crippen LogP contribution in [0.4, 0.5) is 4.79 Å². The Morgan fingerprint density at radius 3 is 1.35 bits per heavy atom. The number of primary amides is 2. The average molecular weight is 1990 g/mol. The minimum absolute atomic E-state index is 0.00144. The summed E-state index contributed by atoms with van der Waals surface area (Å²) in [7, 11) is 1.56. The van der Waals surface area contributed by atoms with Gasteiger partial charge in [-0.05, 0) is 170 Å². The van der Waals surface area contributed by atoms with Crippen molar-refractivity contribution in [1.29, 1.82) is 21.6 Å². The second-order valence-electron chi connectivity index (χ2n) is 32.7. The molecule has 3 aromatic carbocycles. The van der Waals surface area contributed by atoms with Crippen molar-refractivity contribution in [2.75, 3.05) is 69.6 Å². The summed E-state index contributed by atoms with van der Waals surface area (Å²) in [5.74, 6) is -16.9. The van der Waals surface area contributed by atoms with Crippen LogP contribution in [0.15, 0.2) is 96.0 Å². The van der Waals surface area contributed by atoms with Gasteiger partial charge < -0.3 is 164 Å². The highest BCUT2D eigenvalue weighted by molar-refractivity contribution is 8.76. The average Bonchev–Trinajstić information content (AvgIpc) is 0.834. The standard InChI is InChI=1S/C86H141N33O16S3/c1-49-25-30-53(17-5-7-35-87)108-71(125)58(19-6-8-36-88)111-72(126)60(22-12-40-105-84(97)98)114-77(131)64(44-51-28-33-55(121)34-29-51)116-80(134)67(119-78(132)65(46-136-45-52-15-3-2-4-16-52)117-74(128)59(21-11-39-104-83(95)96)110-70(124)56(89)18-9-37-102-81(91)92)48-138-137-47-66(79(133)109-57(68(90)122)20-10-38-103-82(93)94)118-75(129)62(24-14-42-107-86(101)135)112-73(127)61(23-13-41-106-85(99)100)113-76(130)63(115-69(49)123)43-50-26-31-54(120)32-27-50/h2-4,15-16,25-34,49,53,56-67,120-121H,5-14,17-24,35-48,87-89H2,1H3,(H2,90,122)(H,108,125)(H,109,133)(H,110,124)(H,111,126)(H,112,127)(H,113,130)(H,114,131)(H,115,123)(H,116,134)(H,117,128)(H,118,129)(H,119,132)(H4,91,92,102)(H4,93,94,103)(H4,95,96,104)(H4,97,98,105)(H4,99,100,106)(H3,101,107,135)/t49-,53+,56-,57-,58-,59-,60+,61+,62?,63-,64-,65-,66-,67-/m0/s1. The number of rotatable bonds is 49. The van der Waals surface area contributed by atoms with Crippen LogP contribution in [0.1, 0.15) is 139 Å². The van der Waals surface area contributed by atoms with Gasteiger partial charge in [0.25, 0.3) is 0 Å². The van der Waals surface area contributed by atoms with Crippen molar-refractivity contribution in [3.8, 4) is 11.5 Å². The van der Waals surface area contributed by atoms with Crippen LogP contribution in [0, 0.1) is 27.6 Å². The first-order valence-corrected chi connectivity index (χ1v) is 49.0. The van der Waals surface area contributed by atoms with Crippen LogP contribution >= 0.6 is 33.3 Å². The van der Waals surface area contributed by atoms with Crippen molar-refractivity contribution in [3.63, 3.8) is 0 Å². The van der Waals surface area contributed by atoms with Gasteiger partial charge in [-0.2, -0.15) is 11.8 Å². The van der Waals surface area contributed by atoms with E-state index < -0.39 is 209 Å². The van der Waals surface area contributed by atoms with Crippen molar-refractivity contribution in [2.45, 2.75) is 220 Å². The molecule has 764 valence electrons. The van der Waals surface area contributed by atoms with Gasteiger partial charge in [-0.25, -0.2) is 4.79 Å². The summed E-state index contributed by atoms with van der Waals surface area (Å²) in [5.41, 5.74) is 64.6. The van der Waals surface area contributed by atoms with E-state index in [1.54, 1.807) is 24.3 Å². The van der Waals surface area contributed by atoms with Crippen LogP contribution in [-0.2, 0) is 80.9 Å². The Labute approximate surface area is 813 Å². The van der Waals surface area contributed by atoms with Gasteiger partial charge in [0, 0.05) is 81.2 Å². The SMILES string of the molecule is C[C@H]1C=C[C@@H](CCCCN)NC(=O)[C@H](CCCCN)NC(=O)[C@@H](CCCNC(=N)N)NC(=O)[C@H](Cc2ccc(O)cc2)NC(=O)[C@@H](NC(=O)[C@H](CSCc2ccccc2)NC(=O)[C@H](CCCNC(=N)N)NC(=O)[C@@H](N)CCCN=C(N)N)CSSC[C@@H](C(=O)N[C@@H](CCCNC(=N)N)C(N)=O)NC(=O)C(CCCNC(N)=O)NC(=O)[C@@H](CCCNC(=N)N)NC(=O)[C@H](Cc2ccc(O)cc2)NC1=O. The number of amides is 15. The summed E-state index contributed by atoms with van der Waals surface area (Å²) in [6, 6.07) is -0.640. The number of phenolic OH excluding ortho intramolecular Hbond substituents is 2. The predicted molar refractivity (Wildman–Crippen MR) is 529 cm³/mol. The highest BCUT2D eigenvalue weighted by atomic mass is 33.1. The summed E-state index contributed by atoms with van der Waals surface area (Å²) in [4.78, 5) is 211. The lowest BCUT2D eigenvalue weighted by Crippen LogP contribution is -2.61. The third-order valence-electron chi connectivity index (χ3n) is 21.2. The Morgan fingerprint density at radius 2 is 0.870 bits per heavy atom. The maximum atomic E-state index is 15.9. The first-order chi connectivity index (χ1) is 65.7. The Bertz CT molecular complexity index is 4510. The van der Waals surface area contributed by atoms with E-state index in [1.165, 1.54) is 73.3 Å². The number of aliphatic imine (C=N–C) groups is 1. The van der Waals surface area contributed by atoms with Crippen LogP contribution in [0.2, 0.25) is 0 Å². The van der Waals surface area contributed by atoms with Crippen molar-refractivity contribution >= 4 is 146 Å². The Morgan fingerprint density at radius 1 is 0.442 bits per heavy atom. The molecule has 0 aromatic heterocycles. The number of nitrogens with zero attached hydrogens (tertiary/aromatic N) is 1. The number of aromatic hydroxyl groups is 2. The molecule has 138 heavy (non-hydrogen) atoms. The number of nitrogens with one attached hydrogen (secondary N) is 21. The van der Waals surface area contributed by atoms with Gasteiger partial charge in [0.2, 0.25) is 76.8 Å². The Kier molecular flexibility index (Phi) is 55.4. The zero-order chi connectivity index (χ0) is 102. The van der Waals surface area contributed by atoms with Crippen LogP contribution in [0.3, 0.4) is 0 Å². The monoisotopic (exact) mass is 1990 g/mol. The quantitative estimate of drug-likeness (QED) is 0.00822. The van der Waals surface area contributed by atoms with Crippen molar-refractivity contribution in [3.05, 3.63) is 108 Å². The highest BCUT2D eigenvalue weighted by Gasteiger charge is 2.38. The Balaban J connectivity index is 2.13. The largest absolute Gasteiger partial charge is 0.508 e. The lowest BCUT2D eigenvalue weighted by molar-refractivity contribution is -0.135. The van der Waals surface area contributed by atoms with Crippen LogP contribution in [0.5, 0.6) is 11.5 Å². The summed E-state index contributed by atoms with van der Waals surface area (Å²) < 4.78 is 0. The molecule has 1 unspecified atom stereocenters. The van der Waals surface area contributed by atoms with E-state index >= 15 is 43.2 Å². The molecule has 45 N–H and O–H groups in total. The number of phenols is 2. The van der Waals surface area contributed by atoms with E-state index in [-0.39, 0.29) is 184 Å². The fourth-order valence-corrected chi connectivity index (χ4v) is 17.0. The molecule has 1 aliphatic rings. The molecule has 52 heteroatoms. The van der Waals surface area contributed by atoms with Crippen molar-refractivity contribution in [1.82, 2.24) is 90.4 Å². The van der Waals surface area contributed by atoms with Gasteiger partial charge in [-0.1, -0.05) is 95.3 Å². The van der Waals surface area contributed by atoms with Gasteiger partial charge in [0.15, 0.2) is 29.8 Å². The molecule has 0 saturated heterocycles. The van der Waals surface area contributed by atoms with E-state index in [0.29, 0.717) is 30.4 Å². The molecule has 0 radical (unpaired) electrons. The predicted octanol–water partition coefficient (Wildman–Crippen LogP) is -6.15. The summed E-state index contributed by atoms with van der Waals surface area (Å²) in [6.07, 6.45) is 3.37. The molecule has 0 spiro atoms. The molecule has 0 aliphatic carbocycles. The van der Waals surface area contributed by atoms with Gasteiger partial charge in [0.05, 0.1) is 12.0 Å². The van der Waals surface area contributed by atoms with Crippen molar-refractivity contribution < 1.29 is 77.3 Å². The molecule has 1 aliphatic heterocycles. The molecule has 0 bridgehead atoms. The van der Waals surface area contributed by atoms with E-state index in [2.05, 4.69) is 95.4 Å². The number of hydrogen-bond acceptors (Lipinski definition) is 27. The number of thioether (sulfide) groups is 1. The Hall–Kier alpha value is -13.3. The van der Waals surface area contributed by atoms with Gasteiger partial charge in [-0.3, -0.25) is 89.0 Å². The third kappa shape index (κ3) is 48.9. The minimum Gasteiger partial charge on any atom is -0.508 e. The lowest BCUT2D eigenvalue weighted by Gasteiger charge is -2.28. The number of unbranched alkanes of at least 4 members (excludes halogenated alkanes) is 2. The summed E-state index contributed by atoms with van der Waals surface area (Å²) >= 11 is 1.17. The number of nitrogens with two attached hydrogens (primary N) is 11. The van der Waals surface area contributed by atoms with Crippen molar-refractivity contribution in [2.24, 2.45) is 74.0 Å². The summed E-state index contributed by atoms with van der Waals surface area (Å²) in [6.45, 7) is 1.84. The third-order valence-corrected chi connectivity index (χ3v) is 24.7. The van der Waals surface area contributed by atoms with Crippen LogP contribution < -0.4 is 153 Å². The van der Waals surface area contributed by atoms with Gasteiger partial charge >= 0.3 is 6.03 Å². The molecule has 0 saturated carbocycles. The maximum absolute atomic E-state index is 15.9. The second kappa shape index (κ2) is 65.4. The van der Waals surface area contributed by atoms with Gasteiger partial charge in [0.1, 0.15) is 78.0 Å². The molecule has 15 amide bonds. The number of benzene rings is 3. The highest BCUT2D eigenvalue weighted by Crippen LogP contribution is 2.25. The molecular formula is C86H141N33O16S3. The topological polar surface area (TPSA) is 878 Å². The zero-order valence-corrected chi connectivity index (χ0v) is 80.0. The molecule has 14 atom stereocenters. The van der Waals surface area contributed by atoms with Gasteiger partial charge in [-0.15, -0.1) is 0 Å². The molecule has 4 rings (SSSR count). The van der Waals surface area contributed by atoms with Crippen LogP contribution in [0.25, 0.3) is 0 Å². The normalized spacial score (nSPS) is 19.9. The summed E-state index contributed by atoms with van der Waals surface area (Å²) in [5, 5.41) is 97.7. The van der Waals surface area contributed by atoms with Crippen LogP contribution in [-0.4, -0.2) is 271 Å². The number of carbonyl (C=O) groups excluding carboxylic acids is 14. The maximum Gasteiger partial charge on any atom is 0.312 e. The van der Waals surface area contributed by atoms with E-state index in [0.717, 1.165) is 27.2 Å². The number of guanidine groups is 5. The fourth-order valence-electron chi connectivity index (χ4n) is 13.6. The molecule has 3 aromatic rings. The lowest BCUT2D eigenvalue weighted by atomic mass is 10.0. The van der Waals surface area contributed by atoms with E-state index in [4.69, 9.17) is 84.7 Å². The zero-order valence-electron chi connectivity index (χ0n) is 77.5. The first-order valence-electron chi connectivity index (χ1n) is 45.4. The molecule has 0 fully saturated rings. The number of hydrogen-bond donors (Lipinski definition) is 34. The molecular weight excluding hydrogens is 1850 g/mol. The number of urea groups is 1. The van der Waals surface area contributed by atoms with E-state index in [9.17, 15) is 34.2 Å². The smallest absolute Gasteiger partial charge is 0.312 e. The fraction of sp³-hybridized carbons (Fsp3) is 0.547.